The summed E-state index contributed by atoms with van der Waals surface area (Å²) in [5.41, 5.74) is 0. The van der Waals surface area contributed by atoms with Gasteiger partial charge in [-0.25, -0.2) is 0 Å². The Balaban J connectivity index is 2.12. The molecule has 2 aliphatic rings. The SMILES string of the molecule is CC1CC(=O)N(C2CCCCC2O)C(=O)C1. The Morgan fingerprint density at radius 1 is 1.12 bits per heavy atom. The third-order valence-corrected chi connectivity index (χ3v) is 3.61. The Hall–Kier alpha value is -0.900. The summed E-state index contributed by atoms with van der Waals surface area (Å²) >= 11 is 0. The number of carbonyl (C=O) groups excluding carboxylic acids is 2. The Bertz CT molecular complexity index is 285. The summed E-state index contributed by atoms with van der Waals surface area (Å²) in [5, 5.41) is 9.88. The number of hydrogen-bond acceptors (Lipinski definition) is 3. The van der Waals surface area contributed by atoms with E-state index < -0.39 is 6.10 Å². The van der Waals surface area contributed by atoms with Gasteiger partial charge in [0, 0.05) is 12.8 Å². The standard InChI is InChI=1S/C12H19NO3/c1-8-6-11(15)13(12(16)7-8)9-4-2-3-5-10(9)14/h8-10,14H,2-7H2,1H3. The molecule has 0 aromatic carbocycles. The molecule has 0 radical (unpaired) electrons. The number of amides is 2. The van der Waals surface area contributed by atoms with Crippen LogP contribution in [0.3, 0.4) is 0 Å². The number of piperidine rings is 1. The van der Waals surface area contributed by atoms with Crippen LogP contribution in [-0.2, 0) is 9.59 Å². The average molecular weight is 225 g/mol. The molecule has 4 nitrogen and oxygen atoms in total. The minimum Gasteiger partial charge on any atom is -0.391 e. The van der Waals surface area contributed by atoms with E-state index in [-0.39, 0.29) is 23.8 Å². The zero-order valence-electron chi connectivity index (χ0n) is 9.69. The fourth-order valence-corrected chi connectivity index (χ4v) is 2.77. The largest absolute Gasteiger partial charge is 0.391 e. The van der Waals surface area contributed by atoms with Gasteiger partial charge in [0.2, 0.25) is 11.8 Å². The predicted molar refractivity (Wildman–Crippen MR) is 58.5 cm³/mol. The summed E-state index contributed by atoms with van der Waals surface area (Å²) in [6.07, 6.45) is 3.81. The summed E-state index contributed by atoms with van der Waals surface area (Å²) in [6.45, 7) is 1.92. The third-order valence-electron chi connectivity index (χ3n) is 3.61. The second-order valence-corrected chi connectivity index (χ2v) is 5.09. The smallest absolute Gasteiger partial charge is 0.229 e. The first kappa shape index (κ1) is 11.6. The van der Waals surface area contributed by atoms with Crippen LogP contribution in [0, 0.1) is 5.92 Å². The number of hydrogen-bond donors (Lipinski definition) is 1. The highest BCUT2D eigenvalue weighted by molar-refractivity contribution is 5.98. The van der Waals surface area contributed by atoms with E-state index in [2.05, 4.69) is 0 Å². The number of nitrogens with zero attached hydrogens (tertiary/aromatic N) is 1. The zero-order valence-corrected chi connectivity index (χ0v) is 9.69. The fraction of sp³-hybridized carbons (Fsp3) is 0.833. The Labute approximate surface area is 95.6 Å². The molecule has 2 atom stereocenters. The highest BCUT2D eigenvalue weighted by Gasteiger charge is 2.39. The van der Waals surface area contributed by atoms with Crippen LogP contribution in [0.25, 0.3) is 0 Å². The minimum absolute atomic E-state index is 0.102. The topological polar surface area (TPSA) is 57.6 Å². The maximum absolute atomic E-state index is 11.9. The molecule has 1 saturated carbocycles. The van der Waals surface area contributed by atoms with Gasteiger partial charge in [-0.2, -0.15) is 0 Å². The molecule has 1 saturated heterocycles. The van der Waals surface area contributed by atoms with E-state index in [1.54, 1.807) is 0 Å². The molecule has 2 amide bonds. The van der Waals surface area contributed by atoms with Crippen molar-refractivity contribution in [2.24, 2.45) is 5.92 Å². The molecule has 1 heterocycles. The fourth-order valence-electron chi connectivity index (χ4n) is 2.77. The van der Waals surface area contributed by atoms with Gasteiger partial charge in [0.05, 0.1) is 12.1 Å². The molecule has 0 bridgehead atoms. The maximum Gasteiger partial charge on any atom is 0.229 e. The summed E-state index contributed by atoms with van der Waals surface area (Å²) in [6, 6.07) is -0.263. The van der Waals surface area contributed by atoms with E-state index in [0.717, 1.165) is 19.3 Å². The highest BCUT2D eigenvalue weighted by Crippen LogP contribution is 2.28. The molecule has 1 aliphatic carbocycles. The van der Waals surface area contributed by atoms with Crippen molar-refractivity contribution in [3.63, 3.8) is 0 Å². The summed E-state index contributed by atoms with van der Waals surface area (Å²) in [4.78, 5) is 25.0. The highest BCUT2D eigenvalue weighted by atomic mass is 16.3. The molecule has 2 rings (SSSR count). The molecular weight excluding hydrogens is 206 g/mol. The van der Waals surface area contributed by atoms with E-state index in [1.807, 2.05) is 6.92 Å². The van der Waals surface area contributed by atoms with E-state index in [1.165, 1.54) is 4.90 Å². The van der Waals surface area contributed by atoms with Gasteiger partial charge in [-0.3, -0.25) is 14.5 Å². The van der Waals surface area contributed by atoms with Crippen LogP contribution in [0.1, 0.15) is 45.4 Å². The second kappa shape index (κ2) is 4.53. The van der Waals surface area contributed by atoms with Crippen molar-refractivity contribution < 1.29 is 14.7 Å². The molecule has 2 fully saturated rings. The van der Waals surface area contributed by atoms with E-state index in [0.29, 0.717) is 19.3 Å². The number of aliphatic hydroxyl groups excluding tert-OH is 1. The van der Waals surface area contributed by atoms with Gasteiger partial charge in [0.15, 0.2) is 0 Å². The van der Waals surface area contributed by atoms with Crippen LogP contribution in [-0.4, -0.2) is 34.0 Å². The van der Waals surface area contributed by atoms with Gasteiger partial charge < -0.3 is 5.11 Å². The van der Waals surface area contributed by atoms with Crippen LogP contribution in [0.15, 0.2) is 0 Å². The molecule has 1 aliphatic heterocycles. The molecule has 0 spiro atoms. The Morgan fingerprint density at radius 3 is 2.25 bits per heavy atom. The lowest BCUT2D eigenvalue weighted by atomic mass is 9.88. The van der Waals surface area contributed by atoms with E-state index in [4.69, 9.17) is 0 Å². The monoisotopic (exact) mass is 225 g/mol. The zero-order chi connectivity index (χ0) is 11.7. The van der Waals surface area contributed by atoms with Crippen molar-refractivity contribution in [2.75, 3.05) is 0 Å². The normalized spacial score (nSPS) is 33.2. The lowest BCUT2D eigenvalue weighted by Crippen LogP contribution is -2.54. The van der Waals surface area contributed by atoms with Crippen molar-refractivity contribution >= 4 is 11.8 Å². The predicted octanol–water partition coefficient (Wildman–Crippen LogP) is 1.07. The minimum atomic E-state index is -0.518. The van der Waals surface area contributed by atoms with E-state index >= 15 is 0 Å². The van der Waals surface area contributed by atoms with Gasteiger partial charge in [-0.05, 0) is 18.8 Å². The Morgan fingerprint density at radius 2 is 1.69 bits per heavy atom. The quantitative estimate of drug-likeness (QED) is 0.679. The molecule has 1 N–H and O–H groups in total. The molecule has 0 aromatic heterocycles. The number of rotatable bonds is 1. The number of imide groups is 1. The van der Waals surface area contributed by atoms with Gasteiger partial charge in [0.1, 0.15) is 0 Å². The van der Waals surface area contributed by atoms with Crippen molar-refractivity contribution in [1.29, 1.82) is 0 Å². The lowest BCUT2D eigenvalue weighted by molar-refractivity contribution is -0.157. The van der Waals surface area contributed by atoms with Gasteiger partial charge >= 0.3 is 0 Å². The molecule has 2 unspecified atom stereocenters. The Kier molecular flexibility index (Phi) is 3.28. The summed E-state index contributed by atoms with van der Waals surface area (Å²) in [5.74, 6) is -0.0543. The molecular formula is C12H19NO3. The first-order valence-electron chi connectivity index (χ1n) is 6.12. The second-order valence-electron chi connectivity index (χ2n) is 5.09. The van der Waals surface area contributed by atoms with Crippen LogP contribution in [0.2, 0.25) is 0 Å². The van der Waals surface area contributed by atoms with Crippen LogP contribution in [0.4, 0.5) is 0 Å². The van der Waals surface area contributed by atoms with Gasteiger partial charge in [-0.15, -0.1) is 0 Å². The molecule has 0 aromatic rings. The van der Waals surface area contributed by atoms with E-state index in [9.17, 15) is 14.7 Å². The van der Waals surface area contributed by atoms with Crippen LogP contribution < -0.4 is 0 Å². The maximum atomic E-state index is 11.9. The van der Waals surface area contributed by atoms with Crippen molar-refractivity contribution in [3.8, 4) is 0 Å². The van der Waals surface area contributed by atoms with Crippen molar-refractivity contribution in [1.82, 2.24) is 4.90 Å². The number of carbonyl (C=O) groups is 2. The molecule has 90 valence electrons. The van der Waals surface area contributed by atoms with Crippen molar-refractivity contribution in [3.05, 3.63) is 0 Å². The number of likely N-dealkylation sites (tertiary alicyclic amines) is 1. The first-order chi connectivity index (χ1) is 7.59. The molecule has 16 heavy (non-hydrogen) atoms. The van der Waals surface area contributed by atoms with Crippen LogP contribution >= 0.6 is 0 Å². The number of aliphatic hydroxyl groups is 1. The molecule has 4 heteroatoms. The van der Waals surface area contributed by atoms with Gasteiger partial charge in [0.25, 0.3) is 0 Å². The lowest BCUT2D eigenvalue weighted by Gasteiger charge is -2.39. The average Bonchev–Trinajstić information content (AvgIpc) is 2.19. The summed E-state index contributed by atoms with van der Waals surface area (Å²) < 4.78 is 0. The third kappa shape index (κ3) is 2.12. The van der Waals surface area contributed by atoms with Crippen LogP contribution in [0.5, 0.6) is 0 Å². The van der Waals surface area contributed by atoms with Gasteiger partial charge in [-0.1, -0.05) is 19.8 Å². The summed E-state index contributed by atoms with van der Waals surface area (Å²) in [7, 11) is 0. The first-order valence-corrected chi connectivity index (χ1v) is 6.12. The van der Waals surface area contributed by atoms with Crippen molar-refractivity contribution in [2.45, 2.75) is 57.6 Å².